The largest absolute Gasteiger partial charge is 0.103 e. The van der Waals surface area contributed by atoms with E-state index in [1.165, 1.54) is 0 Å². The monoisotopic (exact) mass is 152 g/mol. The molecule has 0 amide bonds. The zero-order valence-electron chi connectivity index (χ0n) is 8.17. The van der Waals surface area contributed by atoms with Crippen LogP contribution in [0, 0.1) is 29.6 Å². The fraction of sp³-hybridized carbons (Fsp3) is 0.818. The first-order chi connectivity index (χ1) is 5.09. The number of rotatable bonds is 1. The Balaban J connectivity index is 2.76. The van der Waals surface area contributed by atoms with E-state index in [1.54, 1.807) is 0 Å². The average molecular weight is 152 g/mol. The van der Waals surface area contributed by atoms with Crippen molar-refractivity contribution >= 4 is 0 Å². The molecule has 1 fully saturated rings. The first-order valence-electron chi connectivity index (χ1n) is 4.72. The van der Waals surface area contributed by atoms with E-state index in [0.29, 0.717) is 0 Å². The Kier molecular flexibility index (Phi) is 2.41. The lowest BCUT2D eigenvalue weighted by molar-refractivity contribution is 0.352. The summed E-state index contributed by atoms with van der Waals surface area (Å²) in [5, 5.41) is 0. The Hall–Kier alpha value is -0.260. The van der Waals surface area contributed by atoms with E-state index in [9.17, 15) is 0 Å². The highest BCUT2D eigenvalue weighted by atomic mass is 14.4. The second-order valence-corrected chi connectivity index (χ2v) is 4.25. The maximum Gasteiger partial charge on any atom is -0.0179 e. The highest BCUT2D eigenvalue weighted by Gasteiger charge is 2.39. The molecule has 3 unspecified atom stereocenters. The van der Waals surface area contributed by atoms with Crippen LogP contribution in [0.2, 0.25) is 0 Å². The molecule has 0 radical (unpaired) electrons. The molecule has 11 heavy (non-hydrogen) atoms. The van der Waals surface area contributed by atoms with Crippen molar-refractivity contribution in [2.75, 3.05) is 0 Å². The van der Waals surface area contributed by atoms with Gasteiger partial charge in [0.25, 0.3) is 0 Å². The van der Waals surface area contributed by atoms with Crippen LogP contribution in [0.25, 0.3) is 0 Å². The Morgan fingerprint density at radius 1 is 0.818 bits per heavy atom. The van der Waals surface area contributed by atoms with Gasteiger partial charge in [0, 0.05) is 0 Å². The normalized spacial score (nSPS) is 51.1. The Morgan fingerprint density at radius 2 is 1.18 bits per heavy atom. The molecule has 0 N–H and O–H groups in total. The van der Waals surface area contributed by atoms with Crippen LogP contribution in [-0.4, -0.2) is 0 Å². The van der Waals surface area contributed by atoms with Gasteiger partial charge in [-0.05, 0) is 29.6 Å². The average Bonchev–Trinajstić information content (AvgIpc) is 2.17. The molecule has 0 aromatic carbocycles. The van der Waals surface area contributed by atoms with Crippen LogP contribution in [0.15, 0.2) is 12.7 Å². The maximum absolute atomic E-state index is 3.91. The summed E-state index contributed by atoms with van der Waals surface area (Å²) in [6.07, 6.45) is 2.15. The molecule has 0 aromatic rings. The number of hydrogen-bond donors (Lipinski definition) is 0. The zero-order chi connectivity index (χ0) is 8.59. The smallest absolute Gasteiger partial charge is 0.0179 e. The molecule has 0 aliphatic heterocycles. The highest BCUT2D eigenvalue weighted by Crippen LogP contribution is 2.45. The van der Waals surface area contributed by atoms with Crippen molar-refractivity contribution in [1.82, 2.24) is 0 Å². The van der Waals surface area contributed by atoms with Gasteiger partial charge in [-0.15, -0.1) is 6.58 Å². The second-order valence-electron chi connectivity index (χ2n) is 4.25. The lowest BCUT2D eigenvalue weighted by Gasteiger charge is -2.15. The van der Waals surface area contributed by atoms with Crippen molar-refractivity contribution in [3.8, 4) is 0 Å². The summed E-state index contributed by atoms with van der Waals surface area (Å²) in [7, 11) is 0. The van der Waals surface area contributed by atoms with Gasteiger partial charge in [0.1, 0.15) is 0 Å². The van der Waals surface area contributed by atoms with Crippen molar-refractivity contribution in [2.24, 2.45) is 29.6 Å². The quantitative estimate of drug-likeness (QED) is 0.505. The van der Waals surface area contributed by atoms with Crippen molar-refractivity contribution in [1.29, 1.82) is 0 Å². The summed E-state index contributed by atoms with van der Waals surface area (Å²) in [5.74, 6) is 4.15. The van der Waals surface area contributed by atoms with Crippen molar-refractivity contribution < 1.29 is 0 Å². The lowest BCUT2D eigenvalue weighted by Crippen LogP contribution is -2.08. The minimum absolute atomic E-state index is 0.750. The number of hydrogen-bond acceptors (Lipinski definition) is 0. The van der Waals surface area contributed by atoms with Gasteiger partial charge in [0.15, 0.2) is 0 Å². The molecule has 1 saturated carbocycles. The molecular formula is C11H20. The van der Waals surface area contributed by atoms with Crippen LogP contribution < -0.4 is 0 Å². The molecule has 0 saturated heterocycles. The van der Waals surface area contributed by atoms with Crippen LogP contribution >= 0.6 is 0 Å². The first-order valence-corrected chi connectivity index (χ1v) is 4.72. The van der Waals surface area contributed by atoms with E-state index in [2.05, 4.69) is 40.3 Å². The van der Waals surface area contributed by atoms with Gasteiger partial charge in [0.2, 0.25) is 0 Å². The van der Waals surface area contributed by atoms with E-state index >= 15 is 0 Å². The molecule has 64 valence electrons. The van der Waals surface area contributed by atoms with Gasteiger partial charge in [0.05, 0.1) is 0 Å². The molecule has 0 heterocycles. The summed E-state index contributed by atoms with van der Waals surface area (Å²) in [6, 6.07) is 0. The molecule has 0 bridgehead atoms. The predicted octanol–water partition coefficient (Wildman–Crippen LogP) is 3.35. The SMILES string of the molecule is C=CC1C(C)[C@@H](C)C(C)[C@H]1C. The molecule has 0 spiro atoms. The minimum atomic E-state index is 0.750. The first kappa shape index (κ1) is 8.83. The van der Waals surface area contributed by atoms with Crippen LogP contribution in [0.1, 0.15) is 27.7 Å². The molecule has 1 rings (SSSR count). The van der Waals surface area contributed by atoms with Gasteiger partial charge < -0.3 is 0 Å². The van der Waals surface area contributed by atoms with Crippen molar-refractivity contribution in [3.63, 3.8) is 0 Å². The minimum Gasteiger partial charge on any atom is -0.103 e. The molecule has 0 aromatic heterocycles. The maximum atomic E-state index is 3.91. The lowest BCUT2D eigenvalue weighted by atomic mass is 9.90. The van der Waals surface area contributed by atoms with Crippen molar-refractivity contribution in [2.45, 2.75) is 27.7 Å². The zero-order valence-corrected chi connectivity index (χ0v) is 8.17. The molecule has 1 aliphatic rings. The van der Waals surface area contributed by atoms with Gasteiger partial charge in [-0.1, -0.05) is 33.8 Å². The Labute approximate surface area is 70.7 Å². The molecule has 1 aliphatic carbocycles. The van der Waals surface area contributed by atoms with Crippen LogP contribution in [0.5, 0.6) is 0 Å². The molecule has 0 heteroatoms. The standard InChI is InChI=1S/C11H20/c1-6-11-9(4)7(2)8(3)10(11)5/h6-11H,1H2,2-5H3/t7-,8?,9?,10+,11?/m0/s1. The fourth-order valence-corrected chi connectivity index (χ4v) is 2.57. The predicted molar refractivity (Wildman–Crippen MR) is 50.3 cm³/mol. The molecule has 5 atom stereocenters. The van der Waals surface area contributed by atoms with Crippen LogP contribution in [-0.2, 0) is 0 Å². The van der Waals surface area contributed by atoms with Crippen LogP contribution in [0.4, 0.5) is 0 Å². The number of allylic oxidation sites excluding steroid dienone is 1. The topological polar surface area (TPSA) is 0 Å². The third-order valence-electron chi connectivity index (χ3n) is 3.97. The van der Waals surface area contributed by atoms with Gasteiger partial charge in [-0.3, -0.25) is 0 Å². The van der Waals surface area contributed by atoms with E-state index < -0.39 is 0 Å². The summed E-state index contributed by atoms with van der Waals surface area (Å²) in [6.45, 7) is 13.4. The Bertz CT molecular complexity index is 134. The highest BCUT2D eigenvalue weighted by molar-refractivity contribution is 4.97. The fourth-order valence-electron chi connectivity index (χ4n) is 2.57. The summed E-state index contributed by atoms with van der Waals surface area (Å²) in [4.78, 5) is 0. The summed E-state index contributed by atoms with van der Waals surface area (Å²) < 4.78 is 0. The molecule has 0 nitrogen and oxygen atoms in total. The van der Waals surface area contributed by atoms with E-state index in [0.717, 1.165) is 29.6 Å². The van der Waals surface area contributed by atoms with Gasteiger partial charge >= 0.3 is 0 Å². The third-order valence-corrected chi connectivity index (χ3v) is 3.97. The van der Waals surface area contributed by atoms with E-state index in [-0.39, 0.29) is 0 Å². The third kappa shape index (κ3) is 1.23. The van der Waals surface area contributed by atoms with E-state index in [1.807, 2.05) is 0 Å². The van der Waals surface area contributed by atoms with Crippen molar-refractivity contribution in [3.05, 3.63) is 12.7 Å². The summed E-state index contributed by atoms with van der Waals surface area (Å²) >= 11 is 0. The second kappa shape index (κ2) is 3.00. The van der Waals surface area contributed by atoms with Gasteiger partial charge in [-0.2, -0.15) is 0 Å². The van der Waals surface area contributed by atoms with Gasteiger partial charge in [-0.25, -0.2) is 0 Å². The van der Waals surface area contributed by atoms with E-state index in [4.69, 9.17) is 0 Å². The molecular weight excluding hydrogens is 132 g/mol. The van der Waals surface area contributed by atoms with Crippen LogP contribution in [0.3, 0.4) is 0 Å². The summed E-state index contributed by atoms with van der Waals surface area (Å²) in [5.41, 5.74) is 0. The Morgan fingerprint density at radius 3 is 1.36 bits per heavy atom.